The van der Waals surface area contributed by atoms with Crippen LogP contribution < -0.4 is 0 Å². The van der Waals surface area contributed by atoms with Crippen molar-refractivity contribution in [2.75, 3.05) is 47.5 Å². The Morgan fingerprint density at radius 3 is 0.966 bits per heavy atom. The number of esters is 2. The molecule has 0 rings (SSSR count). The van der Waals surface area contributed by atoms with Gasteiger partial charge in [-0.25, -0.2) is 4.79 Å². The Morgan fingerprint density at radius 2 is 0.648 bits per heavy atom. The highest BCUT2D eigenvalue weighted by molar-refractivity contribution is 5.71. The first-order valence-corrected chi connectivity index (χ1v) is 36.9. The lowest BCUT2D eigenvalue weighted by molar-refractivity contribution is -0.870. The van der Waals surface area contributed by atoms with Gasteiger partial charge in [-0.1, -0.05) is 336 Å². The molecular formula is C79H140NO8+. The van der Waals surface area contributed by atoms with Gasteiger partial charge < -0.3 is 28.5 Å². The number of carbonyl (C=O) groups excluding carboxylic acids is 2. The summed E-state index contributed by atoms with van der Waals surface area (Å²) in [4.78, 5) is 37.6. The lowest BCUT2D eigenvalue weighted by Crippen LogP contribution is -2.40. The van der Waals surface area contributed by atoms with Crippen molar-refractivity contribution in [1.82, 2.24) is 0 Å². The van der Waals surface area contributed by atoms with Crippen molar-refractivity contribution in [3.8, 4) is 0 Å². The fourth-order valence-corrected chi connectivity index (χ4v) is 10.5. The largest absolute Gasteiger partial charge is 0.477 e. The number of ether oxygens (including phenoxy) is 4. The molecule has 2 atom stereocenters. The number of carboxylic acids is 1. The van der Waals surface area contributed by atoms with Gasteiger partial charge in [-0.2, -0.15) is 0 Å². The van der Waals surface area contributed by atoms with Crippen LogP contribution in [0.1, 0.15) is 328 Å². The first-order valence-electron chi connectivity index (χ1n) is 36.9. The normalized spacial score (nSPS) is 13.2. The number of aliphatic carboxylic acids is 1. The zero-order valence-corrected chi connectivity index (χ0v) is 58.1. The molecule has 0 aromatic carbocycles. The van der Waals surface area contributed by atoms with Crippen LogP contribution in [0.4, 0.5) is 0 Å². The van der Waals surface area contributed by atoms with Gasteiger partial charge in [0.25, 0.3) is 6.29 Å². The molecule has 2 unspecified atom stereocenters. The van der Waals surface area contributed by atoms with Crippen LogP contribution in [0, 0.1) is 0 Å². The van der Waals surface area contributed by atoms with Gasteiger partial charge in [0.15, 0.2) is 6.10 Å². The smallest absolute Gasteiger partial charge is 0.361 e. The molecule has 0 saturated heterocycles. The van der Waals surface area contributed by atoms with E-state index in [1.807, 2.05) is 21.1 Å². The van der Waals surface area contributed by atoms with Crippen LogP contribution in [-0.4, -0.2) is 87.4 Å². The standard InChI is InChI=1S/C79H139NO8/c1-6-8-10-12-14-16-18-20-22-24-26-28-30-32-34-35-36-37-38-39-40-41-42-44-45-47-49-51-53-55-57-59-61-63-65-67-69-76(81)86-73-75(74-87-79(78(83)84)85-72-71-80(3,4)5)88-77(82)70-68-66-64-62-60-58-56-54-52-50-48-46-43-33-31-29-27-25-23-21-19-17-15-13-11-9-7-2/h9,11,15,17,21,23,27,29,33,43,48,50,54,56,60,62,75,79H,6-8,10,12-14,16,18-20,22,24-26,28,30-32,34-42,44-47,49,51-53,55,57-59,61,63-74H2,1-5H3/p+1/b11-9-,17-15-,23-21-,29-27-,43-33-,50-48-,56-54-,62-60-. The number of quaternary nitrogens is 1. The molecular weight excluding hydrogens is 1090 g/mol. The van der Waals surface area contributed by atoms with Gasteiger partial charge in [0.1, 0.15) is 13.2 Å². The van der Waals surface area contributed by atoms with E-state index in [9.17, 15) is 19.5 Å². The second-order valence-corrected chi connectivity index (χ2v) is 25.9. The van der Waals surface area contributed by atoms with Crippen molar-refractivity contribution in [3.63, 3.8) is 0 Å². The molecule has 0 heterocycles. The Hall–Kier alpha value is -3.79. The number of rotatable bonds is 68. The highest BCUT2D eigenvalue weighted by Gasteiger charge is 2.25. The molecule has 1 N–H and O–H groups in total. The van der Waals surface area contributed by atoms with E-state index < -0.39 is 24.3 Å². The van der Waals surface area contributed by atoms with Gasteiger partial charge in [0.05, 0.1) is 34.4 Å². The van der Waals surface area contributed by atoms with E-state index in [0.717, 1.165) is 83.5 Å². The molecule has 0 aliphatic rings. The number of hydrogen-bond acceptors (Lipinski definition) is 7. The monoisotopic (exact) mass is 1230 g/mol. The molecule has 0 bridgehead atoms. The maximum atomic E-state index is 12.9. The van der Waals surface area contributed by atoms with Gasteiger partial charge in [-0.15, -0.1) is 0 Å². The highest BCUT2D eigenvalue weighted by atomic mass is 16.7. The molecule has 9 nitrogen and oxygen atoms in total. The lowest BCUT2D eigenvalue weighted by Gasteiger charge is -2.25. The third-order valence-corrected chi connectivity index (χ3v) is 16.1. The van der Waals surface area contributed by atoms with E-state index in [0.29, 0.717) is 23.9 Å². The summed E-state index contributed by atoms with van der Waals surface area (Å²) in [6, 6.07) is 0. The first-order chi connectivity index (χ1) is 43.1. The Balaban J connectivity index is 4.10. The minimum atomic E-state index is -1.53. The summed E-state index contributed by atoms with van der Waals surface area (Å²) >= 11 is 0. The number of allylic oxidation sites excluding steroid dienone is 16. The van der Waals surface area contributed by atoms with Crippen LogP contribution in [0.2, 0.25) is 0 Å². The fraction of sp³-hybridized carbons (Fsp3) is 0.759. The third kappa shape index (κ3) is 69.7. The lowest BCUT2D eigenvalue weighted by atomic mass is 10.0. The summed E-state index contributed by atoms with van der Waals surface area (Å²) in [5.74, 6) is -2.06. The van der Waals surface area contributed by atoms with Gasteiger partial charge in [-0.05, 0) is 77.0 Å². The van der Waals surface area contributed by atoms with Crippen molar-refractivity contribution in [2.45, 2.75) is 341 Å². The number of carboxylic acid groups (broad SMARTS) is 1. The minimum Gasteiger partial charge on any atom is -0.477 e. The van der Waals surface area contributed by atoms with E-state index >= 15 is 0 Å². The second-order valence-electron chi connectivity index (χ2n) is 25.9. The summed E-state index contributed by atoms with van der Waals surface area (Å²) in [5.41, 5.74) is 0. The Labute approximate surface area is 543 Å². The van der Waals surface area contributed by atoms with Crippen molar-refractivity contribution in [1.29, 1.82) is 0 Å². The number of hydrogen-bond donors (Lipinski definition) is 1. The average Bonchev–Trinajstić information content (AvgIpc) is 3.54. The zero-order valence-electron chi connectivity index (χ0n) is 58.1. The SMILES string of the molecule is CC/C=C\C/C=C\C/C=C\C/C=C\C/C=C\C/C=C\C/C=C\C/C=C\CCCCC(=O)OC(COC(=O)CCCCCCCCCCCCCCCCCCCCCCCCCCCCCCCCCCCCCC)COC(OCC[N+](C)(C)C)C(=O)O. The molecule has 0 aromatic heterocycles. The maximum Gasteiger partial charge on any atom is 0.361 e. The van der Waals surface area contributed by atoms with E-state index in [4.69, 9.17) is 18.9 Å². The van der Waals surface area contributed by atoms with E-state index in [2.05, 4.69) is 111 Å². The summed E-state index contributed by atoms with van der Waals surface area (Å²) in [6.07, 6.45) is 92.7. The predicted octanol–water partition coefficient (Wildman–Crippen LogP) is 23.2. The summed E-state index contributed by atoms with van der Waals surface area (Å²) < 4.78 is 22.9. The minimum absolute atomic E-state index is 0.175. The average molecular weight is 1230 g/mol. The topological polar surface area (TPSA) is 108 Å². The maximum absolute atomic E-state index is 12.9. The van der Waals surface area contributed by atoms with Gasteiger partial charge in [0, 0.05) is 12.8 Å². The zero-order chi connectivity index (χ0) is 64.0. The van der Waals surface area contributed by atoms with Crippen LogP contribution in [0.5, 0.6) is 0 Å². The summed E-state index contributed by atoms with van der Waals surface area (Å²) in [5, 5.41) is 9.75. The quantitative estimate of drug-likeness (QED) is 0.0211. The van der Waals surface area contributed by atoms with Crippen molar-refractivity contribution < 1.29 is 42.9 Å². The van der Waals surface area contributed by atoms with Gasteiger partial charge >= 0.3 is 17.9 Å². The Kier molecular flexibility index (Phi) is 66.1. The van der Waals surface area contributed by atoms with Crippen LogP contribution in [-0.2, 0) is 33.3 Å². The van der Waals surface area contributed by atoms with E-state index in [-0.39, 0.29) is 32.2 Å². The number of nitrogens with zero attached hydrogens (tertiary/aromatic N) is 1. The molecule has 0 radical (unpaired) electrons. The highest BCUT2D eigenvalue weighted by Crippen LogP contribution is 2.19. The molecule has 0 aliphatic carbocycles. The Bertz CT molecular complexity index is 1770. The molecule has 0 aliphatic heterocycles. The Morgan fingerprint density at radius 1 is 0.352 bits per heavy atom. The summed E-state index contributed by atoms with van der Waals surface area (Å²) in [7, 11) is 5.96. The van der Waals surface area contributed by atoms with Crippen molar-refractivity contribution in [3.05, 3.63) is 97.2 Å². The molecule has 0 amide bonds. The number of carbonyl (C=O) groups is 3. The van der Waals surface area contributed by atoms with E-state index in [1.54, 1.807) is 0 Å². The molecule has 0 aromatic rings. The van der Waals surface area contributed by atoms with Crippen molar-refractivity contribution in [2.24, 2.45) is 0 Å². The second kappa shape index (κ2) is 69.1. The van der Waals surface area contributed by atoms with Crippen LogP contribution in [0.15, 0.2) is 97.2 Å². The van der Waals surface area contributed by atoms with E-state index in [1.165, 1.54) is 212 Å². The molecule has 0 fully saturated rings. The number of likely N-dealkylation sites (N-methyl/N-ethyl adjacent to an activating group) is 1. The first kappa shape index (κ1) is 84.2. The van der Waals surface area contributed by atoms with Crippen molar-refractivity contribution >= 4 is 17.9 Å². The molecule has 88 heavy (non-hydrogen) atoms. The van der Waals surface area contributed by atoms with Crippen LogP contribution in [0.3, 0.4) is 0 Å². The third-order valence-electron chi connectivity index (χ3n) is 16.1. The molecule has 9 heteroatoms. The van der Waals surface area contributed by atoms with Gasteiger partial charge in [-0.3, -0.25) is 9.59 Å². The van der Waals surface area contributed by atoms with Crippen LogP contribution in [0.25, 0.3) is 0 Å². The molecule has 0 saturated carbocycles. The van der Waals surface area contributed by atoms with Gasteiger partial charge in [0.2, 0.25) is 0 Å². The van der Waals surface area contributed by atoms with Crippen LogP contribution >= 0.6 is 0 Å². The predicted molar refractivity (Wildman–Crippen MR) is 378 cm³/mol. The molecule has 508 valence electrons. The summed E-state index contributed by atoms with van der Waals surface area (Å²) in [6.45, 7) is 4.75. The molecule has 0 spiro atoms. The number of unbranched alkanes of at least 4 members (excludes halogenated alkanes) is 37. The fourth-order valence-electron chi connectivity index (χ4n) is 10.5.